The molecule has 0 unspecified atom stereocenters. The lowest BCUT2D eigenvalue weighted by molar-refractivity contribution is 0.240. The van der Waals surface area contributed by atoms with E-state index in [1.807, 2.05) is 48.5 Å². The largest absolute Gasteiger partial charge is 0.450 e. The molecule has 0 amide bonds. The van der Waals surface area contributed by atoms with E-state index in [0.29, 0.717) is 12.7 Å². The number of aromatic nitrogens is 1. The normalized spacial score (nSPS) is 10.7. The standard InChI is InChI=1S/C15H14N2O2/c16-12-6-2-1-5-11(12)9-10-18-15-17-13-7-3-4-8-14(13)19-15/h1-8H,9-10,16H2. The van der Waals surface area contributed by atoms with Gasteiger partial charge in [0.15, 0.2) is 5.58 Å². The predicted octanol–water partition coefficient (Wildman–Crippen LogP) is 3.03. The van der Waals surface area contributed by atoms with E-state index in [9.17, 15) is 0 Å². The zero-order valence-electron chi connectivity index (χ0n) is 10.4. The minimum Gasteiger partial charge on any atom is -0.450 e. The van der Waals surface area contributed by atoms with Crippen molar-refractivity contribution >= 4 is 16.8 Å². The van der Waals surface area contributed by atoms with E-state index in [1.54, 1.807) is 0 Å². The summed E-state index contributed by atoms with van der Waals surface area (Å²) in [6.45, 7) is 0.487. The molecule has 0 saturated heterocycles. The third-order valence-electron chi connectivity index (χ3n) is 2.93. The zero-order chi connectivity index (χ0) is 13.1. The highest BCUT2D eigenvalue weighted by Crippen LogP contribution is 2.20. The topological polar surface area (TPSA) is 61.3 Å². The van der Waals surface area contributed by atoms with E-state index in [4.69, 9.17) is 14.9 Å². The van der Waals surface area contributed by atoms with Gasteiger partial charge in [0.2, 0.25) is 0 Å². The molecule has 0 aliphatic carbocycles. The number of anilines is 1. The van der Waals surface area contributed by atoms with Crippen LogP contribution < -0.4 is 10.5 Å². The van der Waals surface area contributed by atoms with Gasteiger partial charge in [0.1, 0.15) is 5.52 Å². The van der Waals surface area contributed by atoms with Gasteiger partial charge in [0.05, 0.1) is 6.61 Å². The number of para-hydroxylation sites is 3. The first kappa shape index (κ1) is 11.6. The van der Waals surface area contributed by atoms with Gasteiger partial charge in [-0.2, -0.15) is 4.98 Å². The Hall–Kier alpha value is -2.49. The van der Waals surface area contributed by atoms with Crippen LogP contribution in [0.1, 0.15) is 5.56 Å². The summed E-state index contributed by atoms with van der Waals surface area (Å²) in [5, 5.41) is 0. The molecular weight excluding hydrogens is 240 g/mol. The monoisotopic (exact) mass is 254 g/mol. The maximum Gasteiger partial charge on any atom is 0.394 e. The minimum absolute atomic E-state index is 0.302. The molecule has 4 heteroatoms. The minimum atomic E-state index is 0.302. The number of fused-ring (bicyclic) bond motifs is 1. The molecule has 4 nitrogen and oxygen atoms in total. The van der Waals surface area contributed by atoms with Crippen molar-refractivity contribution in [2.24, 2.45) is 0 Å². The van der Waals surface area contributed by atoms with Gasteiger partial charge >= 0.3 is 6.08 Å². The fourth-order valence-corrected chi connectivity index (χ4v) is 1.92. The molecule has 0 radical (unpaired) electrons. The van der Waals surface area contributed by atoms with Gasteiger partial charge in [-0.05, 0) is 23.8 Å². The lowest BCUT2D eigenvalue weighted by atomic mass is 10.1. The second-order valence-electron chi connectivity index (χ2n) is 4.24. The number of nitrogens with zero attached hydrogens (tertiary/aromatic N) is 1. The lowest BCUT2D eigenvalue weighted by Gasteiger charge is -2.04. The maximum atomic E-state index is 5.87. The summed E-state index contributed by atoms with van der Waals surface area (Å²) in [7, 11) is 0. The average Bonchev–Trinajstić information content (AvgIpc) is 2.83. The van der Waals surface area contributed by atoms with E-state index in [0.717, 1.165) is 28.8 Å². The van der Waals surface area contributed by atoms with E-state index in [2.05, 4.69) is 4.98 Å². The fraction of sp³-hybridized carbons (Fsp3) is 0.133. The van der Waals surface area contributed by atoms with Crippen LogP contribution in [0.15, 0.2) is 52.9 Å². The van der Waals surface area contributed by atoms with Crippen molar-refractivity contribution in [1.29, 1.82) is 0 Å². The Bertz CT molecular complexity index is 658. The molecule has 0 aliphatic heterocycles. The molecule has 3 rings (SSSR count). The first-order valence-electron chi connectivity index (χ1n) is 6.15. The fourth-order valence-electron chi connectivity index (χ4n) is 1.92. The second-order valence-corrected chi connectivity index (χ2v) is 4.24. The average molecular weight is 254 g/mol. The van der Waals surface area contributed by atoms with E-state index < -0.39 is 0 Å². The number of nitrogen functional groups attached to an aromatic ring is 1. The summed E-state index contributed by atoms with van der Waals surface area (Å²) in [4.78, 5) is 4.25. The van der Waals surface area contributed by atoms with Crippen molar-refractivity contribution in [3.63, 3.8) is 0 Å². The molecule has 19 heavy (non-hydrogen) atoms. The first-order chi connectivity index (χ1) is 9.33. The number of oxazole rings is 1. The van der Waals surface area contributed by atoms with Crippen molar-refractivity contribution in [2.45, 2.75) is 6.42 Å². The third kappa shape index (κ3) is 2.52. The molecule has 0 bridgehead atoms. The van der Waals surface area contributed by atoms with Gasteiger partial charge < -0.3 is 14.9 Å². The SMILES string of the molecule is Nc1ccccc1CCOc1nc2ccccc2o1. The summed E-state index contributed by atoms with van der Waals surface area (Å²) in [5.74, 6) is 0. The van der Waals surface area contributed by atoms with Crippen molar-refractivity contribution in [1.82, 2.24) is 4.98 Å². The number of ether oxygens (including phenoxy) is 1. The number of benzene rings is 2. The van der Waals surface area contributed by atoms with Crippen LogP contribution in [-0.2, 0) is 6.42 Å². The lowest BCUT2D eigenvalue weighted by Crippen LogP contribution is -2.03. The number of hydrogen-bond acceptors (Lipinski definition) is 4. The van der Waals surface area contributed by atoms with Gasteiger partial charge in [-0.3, -0.25) is 0 Å². The third-order valence-corrected chi connectivity index (χ3v) is 2.93. The number of nitrogens with two attached hydrogens (primary N) is 1. The van der Waals surface area contributed by atoms with E-state index in [-0.39, 0.29) is 0 Å². The Balaban J connectivity index is 1.65. The van der Waals surface area contributed by atoms with Crippen LogP contribution in [0.4, 0.5) is 5.69 Å². The zero-order valence-corrected chi connectivity index (χ0v) is 10.4. The smallest absolute Gasteiger partial charge is 0.394 e. The quantitative estimate of drug-likeness (QED) is 0.727. The van der Waals surface area contributed by atoms with Crippen molar-refractivity contribution in [3.05, 3.63) is 54.1 Å². The van der Waals surface area contributed by atoms with Crippen LogP contribution in [0.2, 0.25) is 0 Å². The van der Waals surface area contributed by atoms with Gasteiger partial charge in [-0.1, -0.05) is 30.3 Å². The molecule has 1 heterocycles. The highest BCUT2D eigenvalue weighted by Gasteiger charge is 2.06. The molecule has 0 spiro atoms. The van der Waals surface area contributed by atoms with Crippen LogP contribution in [0.3, 0.4) is 0 Å². The molecule has 96 valence electrons. The highest BCUT2D eigenvalue weighted by atomic mass is 16.6. The summed E-state index contributed by atoms with van der Waals surface area (Å²) >= 11 is 0. The van der Waals surface area contributed by atoms with Crippen molar-refractivity contribution in [2.75, 3.05) is 12.3 Å². The molecule has 3 aromatic rings. The van der Waals surface area contributed by atoms with Crippen molar-refractivity contribution < 1.29 is 9.15 Å². The Kier molecular flexibility index (Phi) is 3.06. The van der Waals surface area contributed by atoms with E-state index in [1.165, 1.54) is 0 Å². The Morgan fingerprint density at radius 2 is 1.84 bits per heavy atom. The summed E-state index contributed by atoms with van der Waals surface area (Å²) < 4.78 is 11.0. The molecule has 0 saturated carbocycles. The van der Waals surface area contributed by atoms with Gasteiger partial charge in [0, 0.05) is 12.1 Å². The Labute approximate surface area is 110 Å². The number of hydrogen-bond donors (Lipinski definition) is 1. The van der Waals surface area contributed by atoms with Crippen LogP contribution in [0, 0.1) is 0 Å². The number of rotatable bonds is 4. The molecule has 0 fully saturated rings. The van der Waals surface area contributed by atoms with Crippen LogP contribution in [-0.4, -0.2) is 11.6 Å². The van der Waals surface area contributed by atoms with E-state index >= 15 is 0 Å². The summed E-state index contributed by atoms with van der Waals surface area (Å²) in [6, 6.07) is 15.3. The highest BCUT2D eigenvalue weighted by molar-refractivity contribution is 5.72. The molecule has 2 aromatic carbocycles. The maximum absolute atomic E-state index is 5.87. The molecule has 1 aromatic heterocycles. The second kappa shape index (κ2) is 5.02. The Morgan fingerprint density at radius 1 is 1.05 bits per heavy atom. The summed E-state index contributed by atoms with van der Waals surface area (Å²) in [6.07, 6.45) is 1.03. The predicted molar refractivity (Wildman–Crippen MR) is 74.1 cm³/mol. The van der Waals surface area contributed by atoms with Gasteiger partial charge in [-0.15, -0.1) is 0 Å². The van der Waals surface area contributed by atoms with Gasteiger partial charge in [-0.25, -0.2) is 0 Å². The summed E-state index contributed by atoms with van der Waals surface area (Å²) in [5.41, 5.74) is 9.25. The van der Waals surface area contributed by atoms with Crippen LogP contribution in [0.5, 0.6) is 6.08 Å². The van der Waals surface area contributed by atoms with Crippen LogP contribution >= 0.6 is 0 Å². The first-order valence-corrected chi connectivity index (χ1v) is 6.15. The Morgan fingerprint density at radius 3 is 2.68 bits per heavy atom. The van der Waals surface area contributed by atoms with Crippen molar-refractivity contribution in [3.8, 4) is 6.08 Å². The molecule has 2 N–H and O–H groups in total. The van der Waals surface area contributed by atoms with Gasteiger partial charge in [0.25, 0.3) is 0 Å². The molecule has 0 atom stereocenters. The molecule has 0 aliphatic rings. The molecular formula is C15H14N2O2. The van der Waals surface area contributed by atoms with Crippen LogP contribution in [0.25, 0.3) is 11.1 Å².